The van der Waals surface area contributed by atoms with E-state index in [0.29, 0.717) is 10.5 Å². The SMILES string of the molecule is N#Cc1cc(S)c(CCl)c(C(=O)O)c1. The van der Waals surface area contributed by atoms with Crippen molar-refractivity contribution in [1.29, 1.82) is 5.26 Å². The zero-order valence-corrected chi connectivity index (χ0v) is 8.64. The first kappa shape index (κ1) is 10.9. The second-order valence-electron chi connectivity index (χ2n) is 2.57. The molecule has 0 saturated carbocycles. The van der Waals surface area contributed by atoms with Gasteiger partial charge in [0.15, 0.2) is 0 Å². The normalized spacial score (nSPS) is 9.50. The van der Waals surface area contributed by atoms with Gasteiger partial charge in [-0.15, -0.1) is 24.2 Å². The van der Waals surface area contributed by atoms with Crippen molar-refractivity contribution in [3.63, 3.8) is 0 Å². The van der Waals surface area contributed by atoms with Gasteiger partial charge in [-0.3, -0.25) is 0 Å². The molecule has 0 fully saturated rings. The zero-order chi connectivity index (χ0) is 10.7. The first-order valence-corrected chi connectivity index (χ1v) is 4.63. The molecule has 0 radical (unpaired) electrons. The van der Waals surface area contributed by atoms with Crippen LogP contribution in [0, 0.1) is 11.3 Å². The van der Waals surface area contributed by atoms with Crippen LogP contribution in [0.15, 0.2) is 17.0 Å². The van der Waals surface area contributed by atoms with Gasteiger partial charge < -0.3 is 5.11 Å². The topological polar surface area (TPSA) is 61.1 Å². The summed E-state index contributed by atoms with van der Waals surface area (Å²) in [6, 6.07) is 4.64. The maximum Gasteiger partial charge on any atom is 0.336 e. The second-order valence-corrected chi connectivity index (χ2v) is 3.32. The maximum absolute atomic E-state index is 10.8. The van der Waals surface area contributed by atoms with Crippen molar-refractivity contribution in [2.24, 2.45) is 0 Å². The molecule has 0 bridgehead atoms. The fraction of sp³-hybridized carbons (Fsp3) is 0.111. The van der Waals surface area contributed by atoms with Crippen molar-refractivity contribution < 1.29 is 9.90 Å². The fourth-order valence-electron chi connectivity index (χ4n) is 1.05. The third-order valence-corrected chi connectivity index (χ3v) is 2.39. The largest absolute Gasteiger partial charge is 0.478 e. The van der Waals surface area contributed by atoms with Crippen molar-refractivity contribution in [3.05, 3.63) is 28.8 Å². The lowest BCUT2D eigenvalue weighted by Crippen LogP contribution is -2.03. The van der Waals surface area contributed by atoms with E-state index in [1.54, 1.807) is 0 Å². The third kappa shape index (κ3) is 2.00. The van der Waals surface area contributed by atoms with Crippen LogP contribution in [0.2, 0.25) is 0 Å². The Bertz CT molecular complexity index is 426. The van der Waals surface area contributed by atoms with Gasteiger partial charge in [-0.25, -0.2) is 4.79 Å². The van der Waals surface area contributed by atoms with Gasteiger partial charge in [0.25, 0.3) is 0 Å². The highest BCUT2D eigenvalue weighted by Crippen LogP contribution is 2.22. The summed E-state index contributed by atoms with van der Waals surface area (Å²) in [6.45, 7) is 0. The van der Waals surface area contributed by atoms with Gasteiger partial charge in [0.2, 0.25) is 0 Å². The van der Waals surface area contributed by atoms with E-state index in [4.69, 9.17) is 22.0 Å². The summed E-state index contributed by atoms with van der Waals surface area (Å²) in [4.78, 5) is 11.2. The van der Waals surface area contributed by atoms with Crippen LogP contribution in [0.3, 0.4) is 0 Å². The van der Waals surface area contributed by atoms with Crippen LogP contribution >= 0.6 is 24.2 Å². The molecule has 72 valence electrons. The Hall–Kier alpha value is -1.18. The molecule has 5 heteroatoms. The van der Waals surface area contributed by atoms with E-state index in [1.165, 1.54) is 12.1 Å². The molecule has 0 aliphatic heterocycles. The number of rotatable bonds is 2. The zero-order valence-electron chi connectivity index (χ0n) is 6.99. The average Bonchev–Trinajstić information content (AvgIpc) is 2.16. The molecule has 0 atom stereocenters. The number of aromatic carboxylic acids is 1. The van der Waals surface area contributed by atoms with Crippen LogP contribution in [0.1, 0.15) is 21.5 Å². The minimum Gasteiger partial charge on any atom is -0.478 e. The Morgan fingerprint density at radius 1 is 1.64 bits per heavy atom. The third-order valence-electron chi connectivity index (χ3n) is 1.72. The molecule has 0 aromatic heterocycles. The Kier molecular flexibility index (Phi) is 3.39. The summed E-state index contributed by atoms with van der Waals surface area (Å²) in [7, 11) is 0. The van der Waals surface area contributed by atoms with E-state index in [0.717, 1.165) is 0 Å². The van der Waals surface area contributed by atoms with Gasteiger partial charge in [0, 0.05) is 10.8 Å². The van der Waals surface area contributed by atoms with E-state index in [9.17, 15) is 4.79 Å². The van der Waals surface area contributed by atoms with E-state index in [2.05, 4.69) is 12.6 Å². The van der Waals surface area contributed by atoms with Gasteiger partial charge in [0.05, 0.1) is 17.2 Å². The Balaban J connectivity index is 3.45. The molecule has 1 aromatic rings. The summed E-state index contributed by atoms with van der Waals surface area (Å²) in [6.07, 6.45) is 0. The van der Waals surface area contributed by atoms with Crippen molar-refractivity contribution in [2.75, 3.05) is 0 Å². The lowest BCUT2D eigenvalue weighted by molar-refractivity contribution is 0.0695. The second kappa shape index (κ2) is 4.36. The molecule has 1 N–H and O–H groups in total. The molecule has 0 aliphatic carbocycles. The molecule has 0 heterocycles. The molecule has 1 aromatic carbocycles. The quantitative estimate of drug-likeness (QED) is 0.602. The van der Waals surface area contributed by atoms with Gasteiger partial charge >= 0.3 is 5.97 Å². The fourth-order valence-corrected chi connectivity index (χ4v) is 1.77. The molecular formula is C9H6ClNO2S. The predicted molar refractivity (Wildman–Crippen MR) is 54.9 cm³/mol. The number of nitriles is 1. The van der Waals surface area contributed by atoms with Crippen molar-refractivity contribution >= 4 is 30.2 Å². The number of nitrogens with zero attached hydrogens (tertiary/aromatic N) is 1. The summed E-state index contributed by atoms with van der Waals surface area (Å²) in [5.41, 5.74) is 0.729. The molecule has 0 spiro atoms. The van der Waals surface area contributed by atoms with Gasteiger partial charge in [-0.1, -0.05) is 0 Å². The Morgan fingerprint density at radius 3 is 2.71 bits per heavy atom. The number of halogens is 1. The number of hydrogen-bond donors (Lipinski definition) is 2. The minimum absolute atomic E-state index is 0.0315. The summed E-state index contributed by atoms with van der Waals surface area (Å²) >= 11 is 9.65. The highest BCUT2D eigenvalue weighted by molar-refractivity contribution is 7.80. The number of benzene rings is 1. The average molecular weight is 228 g/mol. The number of carbonyl (C=O) groups is 1. The van der Waals surface area contributed by atoms with Crippen LogP contribution in [0.4, 0.5) is 0 Å². The molecular weight excluding hydrogens is 222 g/mol. The molecule has 3 nitrogen and oxygen atoms in total. The number of alkyl halides is 1. The van der Waals surface area contributed by atoms with Gasteiger partial charge in [0.1, 0.15) is 0 Å². The standard InChI is InChI=1S/C9H6ClNO2S/c10-3-7-6(9(12)13)1-5(4-11)2-8(7)14/h1-2,14H,3H2,(H,12,13). The van der Waals surface area contributed by atoms with Crippen LogP contribution in [0.5, 0.6) is 0 Å². The molecule has 0 saturated heterocycles. The predicted octanol–water partition coefficient (Wildman–Crippen LogP) is 2.28. The van der Waals surface area contributed by atoms with Crippen LogP contribution in [-0.4, -0.2) is 11.1 Å². The molecule has 0 aliphatic rings. The van der Waals surface area contributed by atoms with Crippen LogP contribution in [-0.2, 0) is 5.88 Å². The van der Waals surface area contributed by atoms with E-state index in [-0.39, 0.29) is 17.0 Å². The summed E-state index contributed by atoms with van der Waals surface area (Å²) < 4.78 is 0. The molecule has 0 unspecified atom stereocenters. The molecule has 0 amide bonds. The maximum atomic E-state index is 10.8. The van der Waals surface area contributed by atoms with Crippen molar-refractivity contribution in [2.45, 2.75) is 10.8 Å². The Labute approximate surface area is 91.3 Å². The first-order chi connectivity index (χ1) is 6.60. The van der Waals surface area contributed by atoms with Crippen molar-refractivity contribution in [1.82, 2.24) is 0 Å². The van der Waals surface area contributed by atoms with E-state index < -0.39 is 5.97 Å². The smallest absolute Gasteiger partial charge is 0.336 e. The molecule has 14 heavy (non-hydrogen) atoms. The van der Waals surface area contributed by atoms with Gasteiger partial charge in [-0.05, 0) is 17.7 Å². The van der Waals surface area contributed by atoms with Crippen LogP contribution in [0.25, 0.3) is 0 Å². The number of carboxylic acids is 1. The number of thiol groups is 1. The molecule has 1 rings (SSSR count). The van der Waals surface area contributed by atoms with E-state index in [1.807, 2.05) is 6.07 Å². The first-order valence-electron chi connectivity index (χ1n) is 3.65. The highest BCUT2D eigenvalue weighted by atomic mass is 35.5. The minimum atomic E-state index is -1.10. The summed E-state index contributed by atoms with van der Waals surface area (Å²) in [5.74, 6) is -1.04. The van der Waals surface area contributed by atoms with Crippen LogP contribution < -0.4 is 0 Å². The number of hydrogen-bond acceptors (Lipinski definition) is 3. The number of carboxylic acid groups (broad SMARTS) is 1. The van der Waals surface area contributed by atoms with Crippen molar-refractivity contribution in [3.8, 4) is 6.07 Å². The summed E-state index contributed by atoms with van der Waals surface area (Å²) in [5, 5.41) is 17.5. The lowest BCUT2D eigenvalue weighted by Gasteiger charge is -2.06. The van der Waals surface area contributed by atoms with E-state index >= 15 is 0 Å². The highest BCUT2D eigenvalue weighted by Gasteiger charge is 2.13. The Morgan fingerprint density at radius 2 is 2.29 bits per heavy atom. The lowest BCUT2D eigenvalue weighted by atomic mass is 10.1. The van der Waals surface area contributed by atoms with Gasteiger partial charge in [-0.2, -0.15) is 5.26 Å². The monoisotopic (exact) mass is 227 g/mol.